The van der Waals surface area contributed by atoms with Crippen LogP contribution in [0.3, 0.4) is 0 Å². The third-order valence-corrected chi connectivity index (χ3v) is 8.69. The highest BCUT2D eigenvalue weighted by atomic mass is 19.1. The Labute approximate surface area is 244 Å². The highest BCUT2D eigenvalue weighted by molar-refractivity contribution is 5.87. The van der Waals surface area contributed by atoms with Crippen molar-refractivity contribution in [2.45, 2.75) is 52.5 Å². The molecule has 0 bridgehead atoms. The Bertz CT molecular complexity index is 1410. The molecule has 0 radical (unpaired) electrons. The molecule has 1 aromatic heterocycles. The lowest BCUT2D eigenvalue weighted by Gasteiger charge is -2.41. The number of aryl methyl sites for hydroxylation is 2. The van der Waals surface area contributed by atoms with Crippen molar-refractivity contribution in [1.82, 2.24) is 14.9 Å². The van der Waals surface area contributed by atoms with E-state index in [0.717, 1.165) is 65.4 Å². The predicted molar refractivity (Wildman–Crippen MR) is 171 cm³/mol. The fourth-order valence-electron chi connectivity index (χ4n) is 6.04. The number of halogens is 1. The first-order valence-electron chi connectivity index (χ1n) is 14.8. The lowest BCUT2D eigenvalue weighted by molar-refractivity contribution is 0.120. The van der Waals surface area contributed by atoms with Gasteiger partial charge in [0.25, 0.3) is 0 Å². The molecule has 6 heteroatoms. The van der Waals surface area contributed by atoms with Crippen LogP contribution in [0.15, 0.2) is 55.8 Å². The van der Waals surface area contributed by atoms with E-state index >= 15 is 0 Å². The second-order valence-electron chi connectivity index (χ2n) is 11.5. The minimum absolute atomic E-state index is 0.255. The molecule has 0 amide bonds. The van der Waals surface area contributed by atoms with Crippen LogP contribution in [-0.2, 0) is 0 Å². The van der Waals surface area contributed by atoms with Crippen LogP contribution < -0.4 is 10.2 Å². The summed E-state index contributed by atoms with van der Waals surface area (Å²) in [5.41, 5.74) is 6.13. The van der Waals surface area contributed by atoms with E-state index in [9.17, 15) is 4.39 Å². The summed E-state index contributed by atoms with van der Waals surface area (Å²) in [7, 11) is 0. The molecular formula is C35H42FN5. The maximum Gasteiger partial charge on any atom is 0.227 e. The van der Waals surface area contributed by atoms with Crippen LogP contribution >= 0.6 is 0 Å². The van der Waals surface area contributed by atoms with Gasteiger partial charge in [0.2, 0.25) is 5.95 Å². The summed E-state index contributed by atoms with van der Waals surface area (Å²) in [6, 6.07) is 12.0. The third-order valence-electron chi connectivity index (χ3n) is 8.69. The van der Waals surface area contributed by atoms with E-state index in [4.69, 9.17) is 9.97 Å². The van der Waals surface area contributed by atoms with Gasteiger partial charge in [-0.25, -0.2) is 9.37 Å². The molecule has 1 N–H and O–H groups in total. The van der Waals surface area contributed by atoms with Crippen molar-refractivity contribution in [1.29, 1.82) is 0 Å². The number of piperidine rings is 2. The number of nitrogens with zero attached hydrogens (tertiary/aromatic N) is 4. The standard InChI is InChI=1S/C35H42FN5/c1-6-27-12-11-26(5)31(23-27)33-30(14-13-29-25(4)9-8-10-32(29)36)34(37-7-2)39-35(38-33)41-21-17-28(18-22-41)40-19-15-24(3)16-20-40/h6-14,23-24,28H,1-2,15-22H2,3-5H3,(H,37,38,39). The highest BCUT2D eigenvalue weighted by Gasteiger charge is 2.29. The van der Waals surface area contributed by atoms with Crippen molar-refractivity contribution in [3.8, 4) is 11.3 Å². The molecule has 2 aliphatic rings. The van der Waals surface area contributed by atoms with Gasteiger partial charge in [0, 0.05) is 35.8 Å². The van der Waals surface area contributed by atoms with Crippen LogP contribution in [0.1, 0.15) is 60.4 Å². The Morgan fingerprint density at radius 2 is 1.63 bits per heavy atom. The molecule has 2 aromatic carbocycles. The zero-order chi connectivity index (χ0) is 28.9. The number of likely N-dealkylation sites (tertiary alicyclic amines) is 1. The number of nitrogens with one attached hydrogen (secondary N) is 1. The molecule has 5 rings (SSSR count). The van der Waals surface area contributed by atoms with Crippen LogP contribution in [0.5, 0.6) is 0 Å². The van der Waals surface area contributed by atoms with Crippen molar-refractivity contribution < 1.29 is 4.39 Å². The molecule has 214 valence electrons. The smallest absolute Gasteiger partial charge is 0.227 e. The number of hydrogen-bond donors (Lipinski definition) is 1. The Morgan fingerprint density at radius 1 is 0.902 bits per heavy atom. The van der Waals surface area contributed by atoms with Gasteiger partial charge in [0.1, 0.15) is 11.6 Å². The molecule has 3 heterocycles. The van der Waals surface area contributed by atoms with Crippen LogP contribution in [-0.4, -0.2) is 47.1 Å². The predicted octanol–water partition coefficient (Wildman–Crippen LogP) is 7.97. The molecule has 5 nitrogen and oxygen atoms in total. The summed E-state index contributed by atoms with van der Waals surface area (Å²) < 4.78 is 14.7. The van der Waals surface area contributed by atoms with E-state index in [-0.39, 0.29) is 5.82 Å². The lowest BCUT2D eigenvalue weighted by Crippen LogP contribution is -2.48. The molecule has 3 aromatic rings. The van der Waals surface area contributed by atoms with Crippen molar-refractivity contribution in [3.63, 3.8) is 0 Å². The summed E-state index contributed by atoms with van der Waals surface area (Å²) in [6.45, 7) is 18.5. The second-order valence-corrected chi connectivity index (χ2v) is 11.5. The largest absolute Gasteiger partial charge is 0.347 e. The zero-order valence-corrected chi connectivity index (χ0v) is 24.7. The van der Waals surface area contributed by atoms with Crippen LogP contribution in [0, 0.1) is 25.6 Å². The van der Waals surface area contributed by atoms with Crippen molar-refractivity contribution in [2.24, 2.45) is 5.92 Å². The van der Waals surface area contributed by atoms with Gasteiger partial charge < -0.3 is 15.1 Å². The maximum absolute atomic E-state index is 14.7. The Morgan fingerprint density at radius 3 is 2.32 bits per heavy atom. The minimum atomic E-state index is -0.255. The topological polar surface area (TPSA) is 44.3 Å². The van der Waals surface area contributed by atoms with Crippen LogP contribution in [0.25, 0.3) is 29.5 Å². The van der Waals surface area contributed by atoms with Crippen molar-refractivity contribution in [2.75, 3.05) is 36.4 Å². The number of aromatic nitrogens is 2. The normalized spacial score (nSPS) is 17.2. The number of hydrogen-bond acceptors (Lipinski definition) is 5. The molecular weight excluding hydrogens is 509 g/mol. The van der Waals surface area contributed by atoms with Crippen molar-refractivity contribution >= 4 is 30.0 Å². The zero-order valence-electron chi connectivity index (χ0n) is 24.7. The van der Waals surface area contributed by atoms with Gasteiger partial charge in [-0.1, -0.05) is 56.5 Å². The van der Waals surface area contributed by atoms with Gasteiger partial charge in [0.15, 0.2) is 0 Å². The maximum atomic E-state index is 14.7. The van der Waals surface area contributed by atoms with E-state index in [1.165, 1.54) is 32.0 Å². The van der Waals surface area contributed by atoms with Crippen molar-refractivity contribution in [3.05, 3.63) is 89.4 Å². The van der Waals surface area contributed by atoms with Gasteiger partial charge in [0.05, 0.1) is 5.69 Å². The molecule has 0 aliphatic carbocycles. The van der Waals surface area contributed by atoms with E-state index < -0.39 is 0 Å². The average Bonchev–Trinajstić information content (AvgIpc) is 2.98. The Hall–Kier alpha value is -3.77. The SMILES string of the molecule is C=CNc1nc(N2CCC(N3CCC(C)CC3)CC2)nc(-c2cc(C=C)ccc2C)c1C=Cc1c(C)cccc1F. The number of anilines is 2. The van der Waals surface area contributed by atoms with Gasteiger partial charge in [-0.05, 0) is 99.6 Å². The van der Waals surface area contributed by atoms with Crippen LogP contribution in [0.2, 0.25) is 0 Å². The number of rotatable bonds is 8. The molecule has 0 saturated carbocycles. The van der Waals surface area contributed by atoms with Gasteiger partial charge in [-0.15, -0.1) is 0 Å². The summed E-state index contributed by atoms with van der Waals surface area (Å²) in [5, 5.41) is 3.26. The molecule has 0 unspecified atom stereocenters. The lowest BCUT2D eigenvalue weighted by atomic mass is 9.95. The quantitative estimate of drug-likeness (QED) is 0.308. The van der Waals surface area contributed by atoms with E-state index in [1.807, 2.05) is 31.2 Å². The van der Waals surface area contributed by atoms with Crippen LogP contribution in [0.4, 0.5) is 16.2 Å². The summed E-state index contributed by atoms with van der Waals surface area (Å²) in [4.78, 5) is 15.2. The van der Waals surface area contributed by atoms with E-state index in [2.05, 4.69) is 60.3 Å². The molecule has 2 saturated heterocycles. The molecule has 2 aliphatic heterocycles. The third kappa shape index (κ3) is 6.43. The first-order chi connectivity index (χ1) is 19.9. The minimum Gasteiger partial charge on any atom is -0.347 e. The number of benzene rings is 2. The second kappa shape index (κ2) is 12.8. The average molecular weight is 552 g/mol. The Balaban J connectivity index is 1.54. The fourth-order valence-corrected chi connectivity index (χ4v) is 6.04. The van der Waals surface area contributed by atoms with E-state index in [0.29, 0.717) is 23.4 Å². The van der Waals surface area contributed by atoms with E-state index in [1.54, 1.807) is 12.3 Å². The monoisotopic (exact) mass is 551 g/mol. The summed E-state index contributed by atoms with van der Waals surface area (Å²) in [6.07, 6.45) is 12.0. The Kier molecular flexibility index (Phi) is 8.99. The molecule has 41 heavy (non-hydrogen) atoms. The first-order valence-corrected chi connectivity index (χ1v) is 14.8. The summed E-state index contributed by atoms with van der Waals surface area (Å²) in [5.74, 6) is 1.94. The fraction of sp³-hybridized carbons (Fsp3) is 0.371. The molecule has 2 fully saturated rings. The van der Waals surface area contributed by atoms with Gasteiger partial charge in [-0.3, -0.25) is 0 Å². The summed E-state index contributed by atoms with van der Waals surface area (Å²) >= 11 is 0. The van der Waals surface area contributed by atoms with Gasteiger partial charge >= 0.3 is 0 Å². The van der Waals surface area contributed by atoms with Gasteiger partial charge in [-0.2, -0.15) is 4.98 Å². The molecule has 0 atom stereocenters. The molecule has 0 spiro atoms. The highest BCUT2D eigenvalue weighted by Crippen LogP contribution is 2.35. The first kappa shape index (κ1) is 28.7.